The van der Waals surface area contributed by atoms with Crippen LogP contribution in [0.3, 0.4) is 0 Å². The van der Waals surface area contributed by atoms with E-state index in [-0.39, 0.29) is 0 Å². The average molecular weight is 320 g/mol. The maximum absolute atomic E-state index is 8.98. The highest BCUT2D eigenvalue weighted by molar-refractivity contribution is 5.77. The highest BCUT2D eigenvalue weighted by Crippen LogP contribution is 2.26. The van der Waals surface area contributed by atoms with Gasteiger partial charge in [-0.3, -0.25) is 0 Å². The molecule has 6 heteroatoms. The van der Waals surface area contributed by atoms with Gasteiger partial charge in [0.2, 0.25) is 0 Å². The van der Waals surface area contributed by atoms with Gasteiger partial charge < -0.3 is 5.32 Å². The van der Waals surface area contributed by atoms with Crippen LogP contribution >= 0.6 is 0 Å². The van der Waals surface area contributed by atoms with Crippen LogP contribution in [0.1, 0.15) is 44.2 Å². The van der Waals surface area contributed by atoms with Crippen molar-refractivity contribution in [2.75, 3.05) is 11.9 Å². The third kappa shape index (κ3) is 2.93. The molecule has 0 aromatic carbocycles. The van der Waals surface area contributed by atoms with Crippen LogP contribution < -0.4 is 5.32 Å². The number of fused-ring (bicyclic) bond motifs is 1. The second-order valence-corrected chi connectivity index (χ2v) is 6.02. The third-order valence-electron chi connectivity index (χ3n) is 3.86. The predicted molar refractivity (Wildman–Crippen MR) is 94.2 cm³/mol. The highest BCUT2D eigenvalue weighted by Gasteiger charge is 2.13. The summed E-state index contributed by atoms with van der Waals surface area (Å²) in [4.78, 5) is 8.91. The van der Waals surface area contributed by atoms with E-state index in [0.29, 0.717) is 22.9 Å². The molecule has 0 spiro atoms. The molecule has 3 aromatic rings. The standard InChI is InChI=1S/C18H20N6/c1-4-5-20-16-7-17(21-11-15(16)12(2)3)24-18-14(10-23-24)6-13(8-19)9-22-18/h6-7,9-12H,4-5H2,1-3H3,(H,20,21). The maximum Gasteiger partial charge on any atom is 0.164 e. The molecular weight excluding hydrogens is 300 g/mol. The van der Waals surface area contributed by atoms with Gasteiger partial charge in [-0.05, 0) is 24.0 Å². The van der Waals surface area contributed by atoms with Crippen LogP contribution in [0.25, 0.3) is 16.9 Å². The largest absolute Gasteiger partial charge is 0.385 e. The first-order valence-electron chi connectivity index (χ1n) is 8.12. The Bertz CT molecular complexity index is 904. The number of rotatable bonds is 5. The van der Waals surface area contributed by atoms with Gasteiger partial charge in [-0.2, -0.15) is 15.0 Å². The van der Waals surface area contributed by atoms with Gasteiger partial charge in [0.1, 0.15) is 6.07 Å². The Morgan fingerprint density at radius 3 is 2.75 bits per heavy atom. The van der Waals surface area contributed by atoms with E-state index >= 15 is 0 Å². The van der Waals surface area contributed by atoms with Gasteiger partial charge in [-0.15, -0.1) is 0 Å². The topological polar surface area (TPSA) is 79.4 Å². The molecule has 3 heterocycles. The number of hydrogen-bond acceptors (Lipinski definition) is 5. The van der Waals surface area contributed by atoms with Crippen LogP contribution in [0, 0.1) is 11.3 Å². The van der Waals surface area contributed by atoms with Gasteiger partial charge in [-0.25, -0.2) is 9.97 Å². The van der Waals surface area contributed by atoms with E-state index in [1.807, 2.05) is 12.3 Å². The van der Waals surface area contributed by atoms with Crippen LogP contribution in [-0.2, 0) is 0 Å². The van der Waals surface area contributed by atoms with E-state index in [4.69, 9.17) is 5.26 Å². The van der Waals surface area contributed by atoms with Crippen LogP contribution in [-0.4, -0.2) is 26.3 Å². The third-order valence-corrected chi connectivity index (χ3v) is 3.86. The van der Waals surface area contributed by atoms with Gasteiger partial charge >= 0.3 is 0 Å². The van der Waals surface area contributed by atoms with Crippen molar-refractivity contribution in [3.05, 3.63) is 41.9 Å². The Labute approximate surface area is 141 Å². The molecule has 6 nitrogen and oxygen atoms in total. The van der Waals surface area contributed by atoms with E-state index < -0.39 is 0 Å². The Morgan fingerprint density at radius 1 is 1.21 bits per heavy atom. The lowest BCUT2D eigenvalue weighted by molar-refractivity contribution is 0.828. The smallest absolute Gasteiger partial charge is 0.164 e. The summed E-state index contributed by atoms with van der Waals surface area (Å²) in [5.74, 6) is 1.10. The minimum atomic E-state index is 0.386. The summed E-state index contributed by atoms with van der Waals surface area (Å²) in [6, 6.07) is 5.89. The number of aromatic nitrogens is 4. The van der Waals surface area contributed by atoms with Crippen molar-refractivity contribution >= 4 is 16.7 Å². The zero-order valence-corrected chi connectivity index (χ0v) is 14.1. The molecule has 0 radical (unpaired) electrons. The first-order chi connectivity index (χ1) is 11.6. The molecule has 0 atom stereocenters. The summed E-state index contributed by atoms with van der Waals surface area (Å²) in [5, 5.41) is 17.7. The van der Waals surface area contributed by atoms with Crippen molar-refractivity contribution in [1.82, 2.24) is 19.7 Å². The van der Waals surface area contributed by atoms with E-state index in [0.717, 1.165) is 24.0 Å². The fourth-order valence-corrected chi connectivity index (χ4v) is 2.59. The molecule has 0 aliphatic rings. The predicted octanol–water partition coefficient (Wildman–Crippen LogP) is 3.63. The van der Waals surface area contributed by atoms with Gasteiger partial charge in [0, 0.05) is 36.1 Å². The van der Waals surface area contributed by atoms with Crippen molar-refractivity contribution in [1.29, 1.82) is 5.26 Å². The molecule has 0 aliphatic heterocycles. The molecule has 0 bridgehead atoms. The fraction of sp³-hybridized carbons (Fsp3) is 0.333. The lowest BCUT2D eigenvalue weighted by atomic mass is 10.0. The van der Waals surface area contributed by atoms with Gasteiger partial charge in [-0.1, -0.05) is 20.8 Å². The Balaban J connectivity index is 2.07. The average Bonchev–Trinajstić information content (AvgIpc) is 3.02. The molecular formula is C18H20N6. The summed E-state index contributed by atoms with van der Waals surface area (Å²) in [6.07, 6.45) is 6.22. The zero-order chi connectivity index (χ0) is 17.1. The Morgan fingerprint density at radius 2 is 2.04 bits per heavy atom. The number of pyridine rings is 2. The first kappa shape index (κ1) is 15.9. The normalized spacial score (nSPS) is 11.0. The van der Waals surface area contributed by atoms with Gasteiger partial charge in [0.15, 0.2) is 11.5 Å². The molecule has 0 aliphatic carbocycles. The van der Waals surface area contributed by atoms with Crippen molar-refractivity contribution in [3.63, 3.8) is 0 Å². The van der Waals surface area contributed by atoms with Crippen molar-refractivity contribution in [2.45, 2.75) is 33.1 Å². The molecule has 0 saturated carbocycles. The SMILES string of the molecule is CCCNc1cc(-n2ncc3cc(C#N)cnc32)ncc1C(C)C. The summed E-state index contributed by atoms with van der Waals surface area (Å²) < 4.78 is 1.71. The lowest BCUT2D eigenvalue weighted by Gasteiger charge is -2.15. The Hall–Kier alpha value is -2.94. The van der Waals surface area contributed by atoms with E-state index in [1.54, 1.807) is 23.1 Å². The maximum atomic E-state index is 8.98. The highest BCUT2D eigenvalue weighted by atomic mass is 15.3. The molecule has 0 saturated heterocycles. The van der Waals surface area contributed by atoms with Crippen LogP contribution in [0.4, 0.5) is 5.69 Å². The molecule has 3 rings (SSSR count). The first-order valence-corrected chi connectivity index (χ1v) is 8.12. The summed E-state index contributed by atoms with van der Waals surface area (Å²) in [5.41, 5.74) is 3.48. The number of nitrogens with zero attached hydrogens (tertiary/aromatic N) is 5. The van der Waals surface area contributed by atoms with Crippen molar-refractivity contribution < 1.29 is 0 Å². The second kappa shape index (κ2) is 6.67. The summed E-state index contributed by atoms with van der Waals surface area (Å²) >= 11 is 0. The minimum Gasteiger partial charge on any atom is -0.385 e. The molecule has 3 aromatic heterocycles. The fourth-order valence-electron chi connectivity index (χ4n) is 2.59. The summed E-state index contributed by atoms with van der Waals surface area (Å²) in [6.45, 7) is 7.36. The van der Waals surface area contributed by atoms with Crippen molar-refractivity contribution in [3.8, 4) is 11.9 Å². The Kier molecular flexibility index (Phi) is 4.43. The van der Waals surface area contributed by atoms with E-state index in [2.05, 4.69) is 47.2 Å². The monoisotopic (exact) mass is 320 g/mol. The minimum absolute atomic E-state index is 0.386. The zero-order valence-electron chi connectivity index (χ0n) is 14.1. The quantitative estimate of drug-likeness (QED) is 0.776. The van der Waals surface area contributed by atoms with Crippen LogP contribution in [0.5, 0.6) is 0 Å². The molecule has 122 valence electrons. The van der Waals surface area contributed by atoms with Crippen LogP contribution in [0.15, 0.2) is 30.7 Å². The number of nitrogens with one attached hydrogen (secondary N) is 1. The number of nitriles is 1. The van der Waals surface area contributed by atoms with Crippen molar-refractivity contribution in [2.24, 2.45) is 0 Å². The van der Waals surface area contributed by atoms with E-state index in [1.165, 1.54) is 5.56 Å². The van der Waals surface area contributed by atoms with Crippen LogP contribution in [0.2, 0.25) is 0 Å². The second-order valence-electron chi connectivity index (χ2n) is 6.02. The summed E-state index contributed by atoms with van der Waals surface area (Å²) in [7, 11) is 0. The molecule has 0 amide bonds. The number of hydrogen-bond donors (Lipinski definition) is 1. The van der Waals surface area contributed by atoms with E-state index in [9.17, 15) is 0 Å². The lowest BCUT2D eigenvalue weighted by Crippen LogP contribution is -2.08. The van der Waals surface area contributed by atoms with Gasteiger partial charge in [0.05, 0.1) is 11.8 Å². The number of anilines is 1. The molecule has 24 heavy (non-hydrogen) atoms. The molecule has 1 N–H and O–H groups in total. The van der Waals surface area contributed by atoms with Gasteiger partial charge in [0.25, 0.3) is 0 Å². The molecule has 0 fully saturated rings. The molecule has 0 unspecified atom stereocenters.